The van der Waals surface area contributed by atoms with Crippen molar-refractivity contribution in [3.05, 3.63) is 48.0 Å². The number of carbonyl (C=O) groups excluding carboxylic acids is 3. The summed E-state index contributed by atoms with van der Waals surface area (Å²) in [6.07, 6.45) is 8.24. The molecule has 1 aromatic carbocycles. The molecule has 0 spiro atoms. The fourth-order valence-corrected chi connectivity index (χ4v) is 6.28. The Labute approximate surface area is 234 Å². The van der Waals surface area contributed by atoms with Gasteiger partial charge in [-0.3, -0.25) is 14.4 Å². The van der Waals surface area contributed by atoms with Gasteiger partial charge in [-0.2, -0.15) is 0 Å². The van der Waals surface area contributed by atoms with Crippen LogP contribution >= 0.6 is 0 Å². The number of rotatable bonds is 16. The number of allylic oxidation sites excluding steroid dienone is 1. The highest BCUT2D eigenvalue weighted by Gasteiger charge is 2.58. The first-order valence-electron chi connectivity index (χ1n) is 14.8. The van der Waals surface area contributed by atoms with Crippen LogP contribution in [-0.4, -0.2) is 78.0 Å². The monoisotopic (exact) mass is 540 g/mol. The second-order valence-electron chi connectivity index (χ2n) is 11.2. The number of nitrogens with two attached hydrogens (primary N) is 1. The second-order valence-corrected chi connectivity index (χ2v) is 11.2. The molecule has 2 aliphatic rings. The molecule has 216 valence electrons. The first kappa shape index (κ1) is 30.8. The van der Waals surface area contributed by atoms with Gasteiger partial charge in [-0.15, -0.1) is 0 Å². The third kappa shape index (κ3) is 7.28. The molecule has 0 bridgehead atoms. The van der Waals surface area contributed by atoms with Crippen molar-refractivity contribution >= 4 is 17.7 Å². The van der Waals surface area contributed by atoms with E-state index in [0.29, 0.717) is 45.3 Å². The Kier molecular flexibility index (Phi) is 11.5. The first-order chi connectivity index (χ1) is 18.8. The predicted molar refractivity (Wildman–Crippen MR) is 154 cm³/mol. The fraction of sp³-hybridized carbons (Fsp3) is 0.645. The number of aliphatic hydroxyl groups excluding tert-OH is 1. The second kappa shape index (κ2) is 14.6. The Morgan fingerprint density at radius 1 is 1.13 bits per heavy atom. The molecule has 1 aromatic rings. The molecule has 8 nitrogen and oxygen atoms in total. The van der Waals surface area contributed by atoms with Gasteiger partial charge in [0.15, 0.2) is 0 Å². The topological polar surface area (TPSA) is 116 Å². The van der Waals surface area contributed by atoms with Gasteiger partial charge >= 0.3 is 0 Å². The lowest BCUT2D eigenvalue weighted by Gasteiger charge is -2.49. The normalized spacial score (nSPS) is 24.7. The molecule has 8 heteroatoms. The SMILES string of the molecule is CCCN(CCC)C(=O)C1(CCCNCCCN2CCCC2=O)CC=C[C@](Cc2ccccc2)(C(N)=O)[C@@H]1O. The van der Waals surface area contributed by atoms with Gasteiger partial charge in [0.05, 0.1) is 16.9 Å². The van der Waals surface area contributed by atoms with Crippen molar-refractivity contribution in [2.45, 2.75) is 77.7 Å². The van der Waals surface area contributed by atoms with Crippen LogP contribution in [0.4, 0.5) is 0 Å². The van der Waals surface area contributed by atoms with Crippen molar-refractivity contribution < 1.29 is 19.5 Å². The molecule has 39 heavy (non-hydrogen) atoms. The van der Waals surface area contributed by atoms with E-state index in [4.69, 9.17) is 5.73 Å². The highest BCUT2D eigenvalue weighted by atomic mass is 16.3. The molecule has 0 saturated carbocycles. The molecule has 3 amide bonds. The summed E-state index contributed by atoms with van der Waals surface area (Å²) in [5.74, 6) is -0.458. The van der Waals surface area contributed by atoms with Crippen LogP contribution in [0, 0.1) is 10.8 Å². The number of nitrogens with one attached hydrogen (secondary N) is 1. The minimum atomic E-state index is -1.37. The van der Waals surface area contributed by atoms with E-state index in [1.165, 1.54) is 0 Å². The van der Waals surface area contributed by atoms with Crippen LogP contribution in [-0.2, 0) is 20.8 Å². The molecule has 1 saturated heterocycles. The van der Waals surface area contributed by atoms with E-state index in [-0.39, 0.29) is 18.2 Å². The highest BCUT2D eigenvalue weighted by molar-refractivity contribution is 5.89. The van der Waals surface area contributed by atoms with Crippen molar-refractivity contribution in [3.8, 4) is 0 Å². The van der Waals surface area contributed by atoms with Crippen molar-refractivity contribution in [2.24, 2.45) is 16.6 Å². The van der Waals surface area contributed by atoms with Gasteiger partial charge in [0, 0.05) is 32.6 Å². The van der Waals surface area contributed by atoms with Crippen LogP contribution in [0.3, 0.4) is 0 Å². The summed E-state index contributed by atoms with van der Waals surface area (Å²) in [6, 6.07) is 9.55. The van der Waals surface area contributed by atoms with Gasteiger partial charge in [-0.1, -0.05) is 56.3 Å². The smallest absolute Gasteiger partial charge is 0.231 e. The Hall–Kier alpha value is -2.71. The van der Waals surface area contributed by atoms with E-state index >= 15 is 0 Å². The van der Waals surface area contributed by atoms with E-state index < -0.39 is 22.8 Å². The molecule has 3 rings (SSSR count). The largest absolute Gasteiger partial charge is 0.391 e. The van der Waals surface area contributed by atoms with E-state index in [1.54, 1.807) is 6.08 Å². The van der Waals surface area contributed by atoms with E-state index in [9.17, 15) is 19.5 Å². The number of likely N-dealkylation sites (tertiary alicyclic amines) is 1. The van der Waals surface area contributed by atoms with Crippen LogP contribution in [0.15, 0.2) is 42.5 Å². The average Bonchev–Trinajstić information content (AvgIpc) is 3.34. The van der Waals surface area contributed by atoms with Crippen molar-refractivity contribution in [2.75, 3.05) is 39.3 Å². The maximum absolute atomic E-state index is 14.2. The zero-order valence-electron chi connectivity index (χ0n) is 23.9. The zero-order valence-corrected chi connectivity index (χ0v) is 23.9. The molecule has 1 fully saturated rings. The molecule has 3 atom stereocenters. The average molecular weight is 541 g/mol. The van der Waals surface area contributed by atoms with Crippen molar-refractivity contribution in [1.29, 1.82) is 0 Å². The summed E-state index contributed by atoms with van der Waals surface area (Å²) >= 11 is 0. The van der Waals surface area contributed by atoms with Gasteiger partial charge in [-0.25, -0.2) is 0 Å². The van der Waals surface area contributed by atoms with Crippen LogP contribution < -0.4 is 11.1 Å². The lowest BCUT2D eigenvalue weighted by atomic mass is 9.58. The molecule has 1 unspecified atom stereocenters. The molecule has 4 N–H and O–H groups in total. The minimum absolute atomic E-state index is 0.0886. The van der Waals surface area contributed by atoms with Gasteiger partial charge in [0.2, 0.25) is 17.7 Å². The molecule has 1 aliphatic carbocycles. The first-order valence-corrected chi connectivity index (χ1v) is 14.8. The minimum Gasteiger partial charge on any atom is -0.391 e. The summed E-state index contributed by atoms with van der Waals surface area (Å²) in [5.41, 5.74) is 4.40. The van der Waals surface area contributed by atoms with Crippen LogP contribution in [0.25, 0.3) is 0 Å². The Balaban J connectivity index is 1.77. The Morgan fingerprint density at radius 3 is 2.44 bits per heavy atom. The maximum Gasteiger partial charge on any atom is 0.231 e. The molecule has 0 radical (unpaired) electrons. The fourth-order valence-electron chi connectivity index (χ4n) is 6.28. The van der Waals surface area contributed by atoms with E-state index in [0.717, 1.165) is 50.9 Å². The number of amides is 3. The number of primary amides is 1. The number of hydrogen-bond donors (Lipinski definition) is 3. The lowest BCUT2D eigenvalue weighted by Crippen LogP contribution is -2.61. The zero-order chi connectivity index (χ0) is 28.3. The maximum atomic E-state index is 14.2. The lowest BCUT2D eigenvalue weighted by molar-refractivity contribution is -0.162. The Morgan fingerprint density at radius 2 is 1.82 bits per heavy atom. The standard InChI is InChI=1S/C31H48N4O4/c1-3-20-35(21-4-2)29(39)30(17-10-18-33-19-11-23-34-22-8-14-26(34)36)15-9-16-31(27(30)37,28(32)38)24-25-12-6-5-7-13-25/h5-7,9,12-13,16,27,33,37H,3-4,8,10-11,14-15,17-24H2,1-2H3,(H2,32,38)/t27-,30?,31-/m1/s1. The summed E-state index contributed by atoms with van der Waals surface area (Å²) < 4.78 is 0. The van der Waals surface area contributed by atoms with Crippen molar-refractivity contribution in [1.82, 2.24) is 15.1 Å². The van der Waals surface area contributed by atoms with E-state index in [1.807, 2.05) is 60.1 Å². The van der Waals surface area contributed by atoms with Gasteiger partial charge in [-0.05, 0) is 70.0 Å². The number of hydrogen-bond acceptors (Lipinski definition) is 5. The van der Waals surface area contributed by atoms with E-state index in [2.05, 4.69) is 5.32 Å². The highest BCUT2D eigenvalue weighted by Crippen LogP contribution is 2.48. The third-order valence-electron chi connectivity index (χ3n) is 8.34. The molecule has 0 aromatic heterocycles. The van der Waals surface area contributed by atoms with Crippen LogP contribution in [0.1, 0.15) is 70.8 Å². The number of aliphatic hydroxyl groups is 1. The summed E-state index contributed by atoms with van der Waals surface area (Å²) in [7, 11) is 0. The summed E-state index contributed by atoms with van der Waals surface area (Å²) in [4.78, 5) is 42.9. The van der Waals surface area contributed by atoms with Crippen LogP contribution in [0.5, 0.6) is 0 Å². The van der Waals surface area contributed by atoms with Gasteiger partial charge < -0.3 is 26.0 Å². The molecular weight excluding hydrogens is 492 g/mol. The van der Waals surface area contributed by atoms with Crippen molar-refractivity contribution in [3.63, 3.8) is 0 Å². The number of nitrogens with zero attached hydrogens (tertiary/aromatic N) is 2. The molecule has 1 aliphatic heterocycles. The molecule has 1 heterocycles. The predicted octanol–water partition coefficient (Wildman–Crippen LogP) is 3.04. The number of carbonyl (C=O) groups is 3. The van der Waals surface area contributed by atoms with Gasteiger partial charge in [0.1, 0.15) is 0 Å². The third-order valence-corrected chi connectivity index (χ3v) is 8.34. The Bertz CT molecular complexity index is 978. The quantitative estimate of drug-likeness (QED) is 0.220. The van der Waals surface area contributed by atoms with Gasteiger partial charge in [0.25, 0.3) is 0 Å². The van der Waals surface area contributed by atoms with Crippen LogP contribution in [0.2, 0.25) is 0 Å². The summed E-state index contributed by atoms with van der Waals surface area (Å²) in [5, 5.41) is 15.5. The summed E-state index contributed by atoms with van der Waals surface area (Å²) in [6.45, 7) is 8.40. The molecular formula is C31H48N4O4. The number of benzene rings is 1.